The normalized spacial score (nSPS) is 15.6. The molecule has 1 saturated carbocycles. The van der Waals surface area contributed by atoms with Crippen LogP contribution in [0.15, 0.2) is 16.7 Å². The first-order chi connectivity index (χ1) is 9.76. The van der Waals surface area contributed by atoms with Crippen molar-refractivity contribution in [2.45, 2.75) is 65.6 Å². The molecule has 1 aliphatic carbocycles. The van der Waals surface area contributed by atoms with E-state index in [0.29, 0.717) is 6.04 Å². The molecular formula is C17H28BrN3. The fraction of sp³-hybridized carbons (Fsp3) is 0.706. The first-order valence-electron chi connectivity index (χ1n) is 7.92. The van der Waals surface area contributed by atoms with E-state index in [2.05, 4.69) is 66.8 Å². The topological polar surface area (TPSA) is 28.2 Å². The zero-order chi connectivity index (χ0) is 15.6. The molecule has 1 aliphatic rings. The molecule has 3 nitrogen and oxygen atoms in total. The summed E-state index contributed by atoms with van der Waals surface area (Å²) in [4.78, 5) is 7.18. The van der Waals surface area contributed by atoms with Crippen molar-refractivity contribution in [2.24, 2.45) is 5.92 Å². The van der Waals surface area contributed by atoms with Crippen molar-refractivity contribution >= 4 is 21.7 Å². The maximum Gasteiger partial charge on any atom is 0.133 e. The summed E-state index contributed by atoms with van der Waals surface area (Å²) < 4.78 is 1.05. The Morgan fingerprint density at radius 1 is 1.38 bits per heavy atom. The van der Waals surface area contributed by atoms with Gasteiger partial charge in [0.15, 0.2) is 0 Å². The summed E-state index contributed by atoms with van der Waals surface area (Å²) in [7, 11) is 0. The van der Waals surface area contributed by atoms with Crippen LogP contribution in [0.1, 0.15) is 53.0 Å². The molecule has 1 fully saturated rings. The number of aromatic nitrogens is 1. The molecule has 1 aromatic heterocycles. The molecule has 0 unspecified atom stereocenters. The van der Waals surface area contributed by atoms with Crippen LogP contribution in [0.25, 0.3) is 0 Å². The fourth-order valence-electron chi connectivity index (χ4n) is 2.34. The highest BCUT2D eigenvalue weighted by atomic mass is 79.9. The smallest absolute Gasteiger partial charge is 0.133 e. The number of halogens is 1. The molecule has 0 aliphatic heterocycles. The van der Waals surface area contributed by atoms with Gasteiger partial charge in [0.25, 0.3) is 0 Å². The van der Waals surface area contributed by atoms with E-state index in [9.17, 15) is 0 Å². The van der Waals surface area contributed by atoms with E-state index in [1.807, 2.05) is 6.20 Å². The van der Waals surface area contributed by atoms with Crippen LogP contribution in [0, 0.1) is 5.92 Å². The molecule has 0 amide bonds. The second-order valence-corrected chi connectivity index (χ2v) is 8.34. The van der Waals surface area contributed by atoms with Crippen LogP contribution in [-0.4, -0.2) is 23.1 Å². The summed E-state index contributed by atoms with van der Waals surface area (Å²) in [5.74, 6) is 2.00. The monoisotopic (exact) mass is 353 g/mol. The Morgan fingerprint density at radius 3 is 2.57 bits per heavy atom. The minimum Gasteiger partial charge on any atom is -0.354 e. The molecule has 0 aromatic carbocycles. The Balaban J connectivity index is 2.22. The number of hydrogen-bond acceptors (Lipinski definition) is 3. The van der Waals surface area contributed by atoms with E-state index >= 15 is 0 Å². The van der Waals surface area contributed by atoms with Crippen LogP contribution in [0.2, 0.25) is 0 Å². The lowest BCUT2D eigenvalue weighted by Crippen LogP contribution is -2.37. The zero-order valence-electron chi connectivity index (χ0n) is 13.9. The van der Waals surface area contributed by atoms with Gasteiger partial charge in [-0.1, -0.05) is 0 Å². The van der Waals surface area contributed by atoms with Crippen molar-refractivity contribution in [3.63, 3.8) is 0 Å². The van der Waals surface area contributed by atoms with Crippen LogP contribution in [0.5, 0.6) is 0 Å². The molecule has 0 radical (unpaired) electrons. The third-order valence-electron chi connectivity index (χ3n) is 3.77. The molecule has 1 aromatic rings. The molecule has 0 saturated heterocycles. The van der Waals surface area contributed by atoms with Gasteiger partial charge in [0.2, 0.25) is 0 Å². The molecule has 4 heteroatoms. The van der Waals surface area contributed by atoms with Crippen molar-refractivity contribution in [2.75, 3.05) is 11.4 Å². The molecule has 1 N–H and O–H groups in total. The van der Waals surface area contributed by atoms with Crippen LogP contribution in [0.4, 0.5) is 5.82 Å². The van der Waals surface area contributed by atoms with Crippen molar-refractivity contribution in [3.8, 4) is 0 Å². The molecule has 0 bridgehead atoms. The van der Waals surface area contributed by atoms with E-state index in [1.54, 1.807) is 0 Å². The minimum absolute atomic E-state index is 0.110. The minimum atomic E-state index is 0.110. The van der Waals surface area contributed by atoms with Crippen molar-refractivity contribution in [1.82, 2.24) is 10.3 Å². The molecular weight excluding hydrogens is 326 g/mol. The van der Waals surface area contributed by atoms with Crippen molar-refractivity contribution in [1.29, 1.82) is 0 Å². The molecule has 0 atom stereocenters. The molecule has 1 heterocycles. The van der Waals surface area contributed by atoms with Gasteiger partial charge in [-0.2, -0.15) is 0 Å². The average Bonchev–Trinajstić information content (AvgIpc) is 3.17. The van der Waals surface area contributed by atoms with Crippen molar-refractivity contribution < 1.29 is 0 Å². The Labute approximate surface area is 137 Å². The van der Waals surface area contributed by atoms with E-state index in [1.165, 1.54) is 18.4 Å². The van der Waals surface area contributed by atoms with Crippen LogP contribution >= 0.6 is 15.9 Å². The largest absolute Gasteiger partial charge is 0.354 e. The Kier molecular flexibility index (Phi) is 5.31. The molecule has 0 spiro atoms. The SMILES string of the molecule is CC(C)N(CC1CC1)c1ncc(Br)cc1CNC(C)(C)C. The van der Waals surface area contributed by atoms with Gasteiger partial charge in [0.05, 0.1) is 0 Å². The Bertz CT molecular complexity index is 475. The summed E-state index contributed by atoms with van der Waals surface area (Å²) in [6.45, 7) is 13.1. The lowest BCUT2D eigenvalue weighted by molar-refractivity contribution is 0.423. The van der Waals surface area contributed by atoms with Gasteiger partial charge in [0.1, 0.15) is 5.82 Å². The standard InChI is InChI=1S/C17H28BrN3/c1-12(2)21(11-13-6-7-13)16-14(8-15(18)10-19-16)9-20-17(3,4)5/h8,10,12-13,20H,6-7,9,11H2,1-5H3. The maximum atomic E-state index is 4.72. The zero-order valence-corrected chi connectivity index (χ0v) is 15.5. The number of nitrogens with zero attached hydrogens (tertiary/aromatic N) is 2. The first-order valence-corrected chi connectivity index (χ1v) is 8.71. The van der Waals surface area contributed by atoms with Gasteiger partial charge < -0.3 is 10.2 Å². The number of pyridine rings is 1. The van der Waals surface area contributed by atoms with Gasteiger partial charge in [-0.05, 0) is 75.4 Å². The van der Waals surface area contributed by atoms with Crippen LogP contribution in [-0.2, 0) is 6.54 Å². The highest BCUT2D eigenvalue weighted by Gasteiger charge is 2.27. The van der Waals surface area contributed by atoms with Gasteiger partial charge in [-0.15, -0.1) is 0 Å². The molecule has 21 heavy (non-hydrogen) atoms. The predicted octanol–water partition coefficient (Wildman–Crippen LogP) is 4.36. The quantitative estimate of drug-likeness (QED) is 0.823. The molecule has 118 valence electrons. The second-order valence-electron chi connectivity index (χ2n) is 7.43. The fourth-order valence-corrected chi connectivity index (χ4v) is 2.72. The average molecular weight is 354 g/mol. The number of hydrogen-bond donors (Lipinski definition) is 1. The summed E-state index contributed by atoms with van der Waals surface area (Å²) in [5, 5.41) is 3.58. The summed E-state index contributed by atoms with van der Waals surface area (Å²) in [6, 6.07) is 2.68. The second kappa shape index (κ2) is 6.66. The van der Waals surface area contributed by atoms with Crippen LogP contribution < -0.4 is 10.2 Å². The first kappa shape index (κ1) is 16.8. The van der Waals surface area contributed by atoms with Gasteiger partial charge >= 0.3 is 0 Å². The number of rotatable bonds is 6. The Morgan fingerprint density at radius 2 is 2.05 bits per heavy atom. The summed E-state index contributed by atoms with van der Waals surface area (Å²) >= 11 is 3.56. The van der Waals surface area contributed by atoms with E-state index in [0.717, 1.165) is 29.3 Å². The van der Waals surface area contributed by atoms with Gasteiger partial charge in [0, 0.05) is 40.9 Å². The van der Waals surface area contributed by atoms with E-state index < -0.39 is 0 Å². The summed E-state index contributed by atoms with van der Waals surface area (Å²) in [6.07, 6.45) is 4.66. The number of nitrogens with one attached hydrogen (secondary N) is 1. The third-order valence-corrected chi connectivity index (χ3v) is 4.20. The van der Waals surface area contributed by atoms with E-state index in [4.69, 9.17) is 4.98 Å². The van der Waals surface area contributed by atoms with Crippen molar-refractivity contribution in [3.05, 3.63) is 22.3 Å². The Hall–Kier alpha value is -0.610. The van der Waals surface area contributed by atoms with Crippen LogP contribution in [0.3, 0.4) is 0 Å². The number of anilines is 1. The lowest BCUT2D eigenvalue weighted by Gasteiger charge is -2.31. The highest BCUT2D eigenvalue weighted by molar-refractivity contribution is 9.10. The lowest BCUT2D eigenvalue weighted by atomic mass is 10.1. The predicted molar refractivity (Wildman–Crippen MR) is 93.7 cm³/mol. The van der Waals surface area contributed by atoms with Gasteiger partial charge in [-0.3, -0.25) is 0 Å². The maximum absolute atomic E-state index is 4.72. The summed E-state index contributed by atoms with van der Waals surface area (Å²) in [5.41, 5.74) is 1.38. The third kappa shape index (κ3) is 5.26. The molecule has 2 rings (SSSR count). The van der Waals surface area contributed by atoms with E-state index in [-0.39, 0.29) is 5.54 Å². The van der Waals surface area contributed by atoms with Gasteiger partial charge in [-0.25, -0.2) is 4.98 Å². The highest BCUT2D eigenvalue weighted by Crippen LogP contribution is 2.33.